The maximum atomic E-state index is 11.0. The molecule has 68 valence electrons. The average molecular weight is 168 g/mol. The number of carbonyl (C=O) groups is 1. The van der Waals surface area contributed by atoms with E-state index in [1.165, 1.54) is 5.57 Å². The topological polar surface area (TPSA) is 37.3 Å². The van der Waals surface area contributed by atoms with Gasteiger partial charge in [0.1, 0.15) is 0 Å². The lowest BCUT2D eigenvalue weighted by atomic mass is 9.82. The van der Waals surface area contributed by atoms with Gasteiger partial charge < -0.3 is 5.11 Å². The third-order valence-corrected chi connectivity index (χ3v) is 3.01. The molecule has 2 heteroatoms. The summed E-state index contributed by atoms with van der Waals surface area (Å²) in [5.74, 6) is -0.670. The average Bonchev–Trinajstić information content (AvgIpc) is 2.29. The molecule has 0 spiro atoms. The van der Waals surface area contributed by atoms with Gasteiger partial charge in [0.2, 0.25) is 0 Å². The smallest absolute Gasteiger partial charge is 0.313 e. The predicted octanol–water partition coefficient (Wildman–Crippen LogP) is 2.60. The van der Waals surface area contributed by atoms with Gasteiger partial charge in [0, 0.05) is 0 Å². The minimum atomic E-state index is -0.670. The van der Waals surface area contributed by atoms with Gasteiger partial charge in [-0.05, 0) is 33.1 Å². The van der Waals surface area contributed by atoms with Gasteiger partial charge in [-0.25, -0.2) is 0 Å². The van der Waals surface area contributed by atoms with E-state index in [1.807, 2.05) is 20.8 Å². The van der Waals surface area contributed by atoms with Crippen molar-refractivity contribution in [1.29, 1.82) is 0 Å². The molecule has 1 N–H and O–H groups in total. The highest BCUT2D eigenvalue weighted by Crippen LogP contribution is 2.44. The number of carboxylic acid groups (broad SMARTS) is 1. The Morgan fingerprint density at radius 2 is 2.25 bits per heavy atom. The first-order valence-corrected chi connectivity index (χ1v) is 4.45. The fourth-order valence-electron chi connectivity index (χ4n) is 2.14. The molecule has 0 bridgehead atoms. The van der Waals surface area contributed by atoms with Crippen LogP contribution in [-0.4, -0.2) is 11.1 Å². The lowest BCUT2D eigenvalue weighted by molar-refractivity contribution is -0.145. The molecule has 0 heterocycles. The predicted molar refractivity (Wildman–Crippen MR) is 48.0 cm³/mol. The van der Waals surface area contributed by atoms with Gasteiger partial charge in [-0.2, -0.15) is 0 Å². The summed E-state index contributed by atoms with van der Waals surface area (Å²) in [5, 5.41) is 9.06. The summed E-state index contributed by atoms with van der Waals surface area (Å²) in [4.78, 5) is 11.0. The van der Waals surface area contributed by atoms with E-state index in [9.17, 15) is 4.79 Å². The summed E-state index contributed by atoms with van der Waals surface area (Å²) in [5.41, 5.74) is 1.84. The van der Waals surface area contributed by atoms with Gasteiger partial charge in [0.15, 0.2) is 0 Å². The second-order valence-electron chi connectivity index (χ2n) is 3.75. The lowest BCUT2D eigenvalue weighted by Gasteiger charge is -2.22. The zero-order chi connectivity index (χ0) is 9.35. The van der Waals surface area contributed by atoms with Crippen LogP contribution >= 0.6 is 0 Å². The lowest BCUT2D eigenvalue weighted by Crippen LogP contribution is -2.26. The van der Waals surface area contributed by atoms with E-state index >= 15 is 0 Å². The molecule has 1 aliphatic rings. The van der Waals surface area contributed by atoms with E-state index in [2.05, 4.69) is 0 Å². The number of carboxylic acids is 1. The van der Waals surface area contributed by atoms with Crippen LogP contribution in [0.2, 0.25) is 0 Å². The number of hydrogen-bond acceptors (Lipinski definition) is 1. The summed E-state index contributed by atoms with van der Waals surface area (Å²) < 4.78 is 0. The van der Waals surface area contributed by atoms with Gasteiger partial charge in [-0.15, -0.1) is 0 Å². The van der Waals surface area contributed by atoms with Crippen molar-refractivity contribution in [3.63, 3.8) is 0 Å². The normalized spacial score (nSPS) is 29.6. The molecule has 1 unspecified atom stereocenters. The van der Waals surface area contributed by atoms with Crippen molar-refractivity contribution in [3.05, 3.63) is 11.1 Å². The Kier molecular flexibility index (Phi) is 2.27. The van der Waals surface area contributed by atoms with Crippen molar-refractivity contribution in [2.75, 3.05) is 0 Å². The maximum Gasteiger partial charge on any atom is 0.313 e. The molecule has 1 atom stereocenters. The first-order chi connectivity index (χ1) is 5.52. The molecule has 1 aliphatic carbocycles. The number of aliphatic carboxylic acids is 1. The minimum Gasteiger partial charge on any atom is -0.481 e. The molecule has 2 nitrogen and oxygen atoms in total. The monoisotopic (exact) mass is 168 g/mol. The molecule has 0 amide bonds. The first-order valence-electron chi connectivity index (χ1n) is 4.45. The second kappa shape index (κ2) is 2.92. The maximum absolute atomic E-state index is 11.0. The van der Waals surface area contributed by atoms with Gasteiger partial charge in [-0.3, -0.25) is 4.79 Å². The van der Waals surface area contributed by atoms with Gasteiger partial charge in [0.25, 0.3) is 0 Å². The van der Waals surface area contributed by atoms with Crippen molar-refractivity contribution in [2.24, 2.45) is 5.41 Å². The van der Waals surface area contributed by atoms with E-state index in [1.54, 1.807) is 0 Å². The molecule has 0 saturated heterocycles. The molecule has 0 aromatic carbocycles. The van der Waals surface area contributed by atoms with Gasteiger partial charge >= 0.3 is 5.97 Å². The third-order valence-electron chi connectivity index (χ3n) is 3.01. The van der Waals surface area contributed by atoms with Crippen molar-refractivity contribution < 1.29 is 9.90 Å². The van der Waals surface area contributed by atoms with Crippen LogP contribution in [0.1, 0.15) is 40.0 Å². The highest BCUT2D eigenvalue weighted by molar-refractivity contribution is 5.79. The second-order valence-corrected chi connectivity index (χ2v) is 3.75. The number of hydrogen-bond donors (Lipinski definition) is 1. The quantitative estimate of drug-likeness (QED) is 0.643. The van der Waals surface area contributed by atoms with Crippen molar-refractivity contribution in [2.45, 2.75) is 40.0 Å². The Balaban J connectivity index is 3.03. The summed E-state index contributed by atoms with van der Waals surface area (Å²) in [6.07, 6.45) is 2.60. The van der Waals surface area contributed by atoms with Crippen molar-refractivity contribution in [1.82, 2.24) is 0 Å². The van der Waals surface area contributed by atoms with Crippen LogP contribution in [-0.2, 0) is 4.79 Å². The highest BCUT2D eigenvalue weighted by atomic mass is 16.4. The molecule has 12 heavy (non-hydrogen) atoms. The largest absolute Gasteiger partial charge is 0.481 e. The van der Waals surface area contributed by atoms with Crippen LogP contribution < -0.4 is 0 Å². The molecule has 0 aliphatic heterocycles. The molecular formula is C10H16O2. The SMILES string of the molecule is CCC1=C(C)CCC1(C)C(=O)O. The molecular weight excluding hydrogens is 152 g/mol. The van der Waals surface area contributed by atoms with Crippen molar-refractivity contribution >= 4 is 5.97 Å². The summed E-state index contributed by atoms with van der Waals surface area (Å²) in [6, 6.07) is 0. The van der Waals surface area contributed by atoms with Crippen LogP contribution in [0.25, 0.3) is 0 Å². The zero-order valence-corrected chi connectivity index (χ0v) is 7.98. The summed E-state index contributed by atoms with van der Waals surface area (Å²) >= 11 is 0. The minimum absolute atomic E-state index is 0.571. The number of rotatable bonds is 2. The van der Waals surface area contributed by atoms with Crippen LogP contribution in [0.4, 0.5) is 0 Å². The Bertz CT molecular complexity index is 240. The van der Waals surface area contributed by atoms with E-state index in [0.717, 1.165) is 24.8 Å². The highest BCUT2D eigenvalue weighted by Gasteiger charge is 2.40. The summed E-state index contributed by atoms with van der Waals surface area (Å²) in [6.45, 7) is 5.92. The molecule has 1 rings (SSSR count). The Morgan fingerprint density at radius 3 is 2.58 bits per heavy atom. The van der Waals surface area contributed by atoms with E-state index in [-0.39, 0.29) is 0 Å². The van der Waals surface area contributed by atoms with Gasteiger partial charge in [-0.1, -0.05) is 18.1 Å². The Morgan fingerprint density at radius 1 is 1.67 bits per heavy atom. The Hall–Kier alpha value is -0.790. The summed E-state index contributed by atoms with van der Waals surface area (Å²) in [7, 11) is 0. The van der Waals surface area contributed by atoms with Crippen LogP contribution in [0.15, 0.2) is 11.1 Å². The molecule has 0 aromatic rings. The van der Waals surface area contributed by atoms with E-state index in [0.29, 0.717) is 0 Å². The fraction of sp³-hybridized carbons (Fsp3) is 0.700. The first kappa shape index (κ1) is 9.30. The molecule has 0 fully saturated rings. The molecule has 0 saturated carbocycles. The fourth-order valence-corrected chi connectivity index (χ4v) is 2.14. The molecule has 0 radical (unpaired) electrons. The van der Waals surface area contributed by atoms with Crippen LogP contribution in [0.3, 0.4) is 0 Å². The standard InChI is InChI=1S/C10H16O2/c1-4-8-7(2)5-6-10(8,3)9(11)12/h4-6H2,1-3H3,(H,11,12). The van der Waals surface area contributed by atoms with E-state index < -0.39 is 11.4 Å². The van der Waals surface area contributed by atoms with E-state index in [4.69, 9.17) is 5.11 Å². The zero-order valence-electron chi connectivity index (χ0n) is 7.98. The Labute approximate surface area is 73.3 Å². The number of allylic oxidation sites excluding steroid dienone is 1. The third kappa shape index (κ3) is 1.15. The van der Waals surface area contributed by atoms with Gasteiger partial charge in [0.05, 0.1) is 5.41 Å². The van der Waals surface area contributed by atoms with Crippen LogP contribution in [0.5, 0.6) is 0 Å². The van der Waals surface area contributed by atoms with Crippen molar-refractivity contribution in [3.8, 4) is 0 Å². The molecule has 0 aromatic heterocycles. The van der Waals surface area contributed by atoms with Crippen LogP contribution in [0, 0.1) is 5.41 Å².